The second kappa shape index (κ2) is 10.7. The van der Waals surface area contributed by atoms with E-state index in [-0.39, 0.29) is 22.1 Å². The van der Waals surface area contributed by atoms with E-state index in [0.29, 0.717) is 38.6 Å². The maximum atomic E-state index is 13.8. The number of halogens is 2. The van der Waals surface area contributed by atoms with Gasteiger partial charge in [0.05, 0.1) is 5.02 Å². The normalized spacial score (nSPS) is 14.1. The summed E-state index contributed by atoms with van der Waals surface area (Å²) in [5.41, 5.74) is 0.658. The fourth-order valence-electron chi connectivity index (χ4n) is 4.55. The Hall–Kier alpha value is -3.13. The number of carbonyl (C=O) groups excluding carboxylic acids is 1. The molecule has 0 saturated carbocycles. The van der Waals surface area contributed by atoms with Crippen LogP contribution in [0.4, 0.5) is 4.39 Å². The van der Waals surface area contributed by atoms with E-state index in [0.717, 1.165) is 37.4 Å². The molecule has 1 aromatic heterocycles. The fourth-order valence-corrected chi connectivity index (χ4v) is 6.00. The Morgan fingerprint density at radius 1 is 1.14 bits per heavy atom. The van der Waals surface area contributed by atoms with Gasteiger partial charge >= 0.3 is 0 Å². The highest BCUT2D eigenvalue weighted by Gasteiger charge is 2.26. The second-order valence-electron chi connectivity index (χ2n) is 9.31. The number of benzene rings is 3. The number of phenols is 1. The lowest BCUT2D eigenvalue weighted by atomic mass is 9.98. The molecule has 8 heteroatoms. The van der Waals surface area contributed by atoms with E-state index in [1.807, 2.05) is 12.1 Å². The molecule has 0 amide bonds. The molecule has 0 radical (unpaired) electrons. The third kappa shape index (κ3) is 5.44. The molecule has 1 saturated heterocycles. The van der Waals surface area contributed by atoms with E-state index in [9.17, 15) is 14.3 Å². The third-order valence-corrected chi connectivity index (χ3v) is 8.07. The Balaban J connectivity index is 1.37. The summed E-state index contributed by atoms with van der Waals surface area (Å²) in [7, 11) is 0. The van der Waals surface area contributed by atoms with Crippen molar-refractivity contribution in [3.63, 3.8) is 0 Å². The van der Waals surface area contributed by atoms with Gasteiger partial charge < -0.3 is 14.6 Å². The number of ether oxygens (including phenoxy) is 2. The average molecular weight is 540 g/mol. The number of hydrogen-bond acceptors (Lipinski definition) is 6. The number of phenolic OH excluding ortho intramolecular Hbond substituents is 1. The molecule has 1 fully saturated rings. The molecule has 0 bridgehead atoms. The van der Waals surface area contributed by atoms with Crippen molar-refractivity contribution < 1.29 is 23.8 Å². The van der Waals surface area contributed by atoms with Crippen LogP contribution in [-0.4, -0.2) is 42.0 Å². The van der Waals surface area contributed by atoms with Gasteiger partial charge in [0.1, 0.15) is 34.5 Å². The summed E-state index contributed by atoms with van der Waals surface area (Å²) >= 11 is 7.46. The van der Waals surface area contributed by atoms with E-state index >= 15 is 0 Å². The molecule has 4 aromatic rings. The Bertz CT molecular complexity index is 1420. The highest BCUT2D eigenvalue weighted by atomic mass is 35.5. The first kappa shape index (κ1) is 25.5. The summed E-state index contributed by atoms with van der Waals surface area (Å²) in [5.74, 6) is 1.66. The number of fused-ring (bicyclic) bond motifs is 1. The molecular weight excluding hydrogens is 513 g/mol. The van der Waals surface area contributed by atoms with Crippen LogP contribution in [0, 0.1) is 18.7 Å². The minimum Gasteiger partial charge on any atom is -0.508 e. The molecule has 1 N–H and O–H groups in total. The number of carbonyl (C=O) groups is 1. The molecule has 1 aliphatic rings. The molecule has 3 aromatic carbocycles. The quantitative estimate of drug-likeness (QED) is 0.224. The summed E-state index contributed by atoms with van der Waals surface area (Å²) < 4.78 is 26.6. The van der Waals surface area contributed by atoms with Crippen molar-refractivity contribution in [2.24, 2.45) is 5.92 Å². The molecular formula is C29H27ClFNO4S. The molecule has 192 valence electrons. The van der Waals surface area contributed by atoms with Crippen molar-refractivity contribution in [3.05, 3.63) is 81.4 Å². The molecule has 2 heterocycles. The lowest BCUT2D eigenvalue weighted by Gasteiger charge is -2.38. The van der Waals surface area contributed by atoms with Crippen molar-refractivity contribution in [2.45, 2.75) is 20.3 Å². The van der Waals surface area contributed by atoms with Gasteiger partial charge in [-0.15, -0.1) is 11.3 Å². The van der Waals surface area contributed by atoms with E-state index in [1.165, 1.54) is 23.8 Å². The summed E-state index contributed by atoms with van der Waals surface area (Å²) in [6.45, 7) is 7.67. The smallest absolute Gasteiger partial charge is 0.208 e. The zero-order valence-corrected chi connectivity index (χ0v) is 22.2. The molecule has 0 unspecified atom stereocenters. The minimum atomic E-state index is -0.505. The van der Waals surface area contributed by atoms with Gasteiger partial charge in [-0.3, -0.25) is 9.69 Å². The predicted molar refractivity (Wildman–Crippen MR) is 145 cm³/mol. The first-order valence-electron chi connectivity index (χ1n) is 12.2. The van der Waals surface area contributed by atoms with Gasteiger partial charge in [0.2, 0.25) is 5.78 Å². The van der Waals surface area contributed by atoms with E-state index < -0.39 is 5.82 Å². The van der Waals surface area contributed by atoms with Gasteiger partial charge in [0.25, 0.3) is 0 Å². The standard InChI is InChI=1S/C29H27ClFNO4S/c1-3-18-15-32(16-18)10-11-35-21-5-7-22(8-6-21)36-28-23-9-4-20(33)14-25(23)37-29(28)27(34)26-17(2)12-19(31)13-24(26)30/h4-9,12-14,18,33H,3,10-11,15-16H2,1-2H3. The number of nitrogens with zero attached hydrogens (tertiary/aromatic N) is 1. The van der Waals surface area contributed by atoms with E-state index in [2.05, 4.69) is 11.8 Å². The van der Waals surface area contributed by atoms with Crippen LogP contribution in [0.15, 0.2) is 54.6 Å². The van der Waals surface area contributed by atoms with Crippen LogP contribution in [0.3, 0.4) is 0 Å². The van der Waals surface area contributed by atoms with Crippen LogP contribution in [-0.2, 0) is 0 Å². The number of rotatable bonds is 9. The van der Waals surface area contributed by atoms with Crippen molar-refractivity contribution in [1.29, 1.82) is 0 Å². The fraction of sp³-hybridized carbons (Fsp3) is 0.276. The predicted octanol–water partition coefficient (Wildman–Crippen LogP) is 7.45. The molecule has 0 spiro atoms. The van der Waals surface area contributed by atoms with Gasteiger partial charge in [0.15, 0.2) is 5.75 Å². The zero-order valence-electron chi connectivity index (χ0n) is 20.6. The Kier molecular flexibility index (Phi) is 7.38. The zero-order chi connectivity index (χ0) is 26.1. The highest BCUT2D eigenvalue weighted by Crippen LogP contribution is 2.43. The topological polar surface area (TPSA) is 59.0 Å². The molecule has 5 rings (SSSR count). The lowest BCUT2D eigenvalue weighted by molar-refractivity contribution is 0.0806. The van der Waals surface area contributed by atoms with Gasteiger partial charge in [-0.25, -0.2) is 4.39 Å². The van der Waals surface area contributed by atoms with Crippen LogP contribution in [0.2, 0.25) is 5.02 Å². The van der Waals surface area contributed by atoms with Gasteiger partial charge in [-0.2, -0.15) is 0 Å². The number of hydrogen-bond donors (Lipinski definition) is 1. The van der Waals surface area contributed by atoms with E-state index in [4.69, 9.17) is 21.1 Å². The Morgan fingerprint density at radius 2 is 1.86 bits per heavy atom. The number of likely N-dealkylation sites (tertiary alicyclic amines) is 1. The van der Waals surface area contributed by atoms with Crippen LogP contribution >= 0.6 is 22.9 Å². The Labute approximate surface area is 224 Å². The number of ketones is 1. The third-order valence-electron chi connectivity index (χ3n) is 6.64. The largest absolute Gasteiger partial charge is 0.508 e. The average Bonchev–Trinajstić information content (AvgIpc) is 3.18. The summed E-state index contributed by atoms with van der Waals surface area (Å²) in [4.78, 5) is 16.3. The van der Waals surface area contributed by atoms with Crippen LogP contribution in [0.5, 0.6) is 23.0 Å². The molecule has 0 atom stereocenters. The van der Waals surface area contributed by atoms with Gasteiger partial charge in [0, 0.05) is 35.3 Å². The molecule has 0 aliphatic carbocycles. The van der Waals surface area contributed by atoms with Crippen molar-refractivity contribution in [3.8, 4) is 23.0 Å². The van der Waals surface area contributed by atoms with Crippen LogP contribution < -0.4 is 9.47 Å². The highest BCUT2D eigenvalue weighted by molar-refractivity contribution is 7.21. The van der Waals surface area contributed by atoms with Crippen LogP contribution in [0.1, 0.15) is 34.1 Å². The summed E-state index contributed by atoms with van der Waals surface area (Å²) in [5, 5.41) is 10.7. The van der Waals surface area contributed by atoms with Crippen LogP contribution in [0.25, 0.3) is 10.1 Å². The first-order valence-corrected chi connectivity index (χ1v) is 13.4. The maximum absolute atomic E-state index is 13.8. The second-order valence-corrected chi connectivity index (χ2v) is 10.8. The van der Waals surface area contributed by atoms with Gasteiger partial charge in [-0.1, -0.05) is 24.9 Å². The molecule has 1 aliphatic heterocycles. The van der Waals surface area contributed by atoms with Gasteiger partial charge in [-0.05, 0) is 73.0 Å². The number of aromatic hydroxyl groups is 1. The van der Waals surface area contributed by atoms with Crippen molar-refractivity contribution in [2.75, 3.05) is 26.2 Å². The minimum absolute atomic E-state index is 0.0405. The molecule has 5 nitrogen and oxygen atoms in total. The van der Waals surface area contributed by atoms with E-state index in [1.54, 1.807) is 37.3 Å². The number of aryl methyl sites for hydroxylation is 1. The maximum Gasteiger partial charge on any atom is 0.208 e. The molecule has 37 heavy (non-hydrogen) atoms. The van der Waals surface area contributed by atoms with Crippen molar-refractivity contribution in [1.82, 2.24) is 4.90 Å². The number of thiophene rings is 1. The Morgan fingerprint density at radius 3 is 2.57 bits per heavy atom. The summed E-state index contributed by atoms with van der Waals surface area (Å²) in [6.07, 6.45) is 1.23. The van der Waals surface area contributed by atoms with Crippen molar-refractivity contribution >= 4 is 38.8 Å². The SMILES string of the molecule is CCC1CN(CCOc2ccc(Oc3c(C(=O)c4c(C)cc(F)cc4Cl)sc4cc(O)ccc34)cc2)C1. The first-order chi connectivity index (χ1) is 17.8. The summed E-state index contributed by atoms with van der Waals surface area (Å²) in [6, 6.07) is 14.5. The lowest BCUT2D eigenvalue weighted by Crippen LogP contribution is -2.47. The monoisotopic (exact) mass is 539 g/mol.